The summed E-state index contributed by atoms with van der Waals surface area (Å²) in [5.41, 5.74) is 8.18. The zero-order valence-electron chi connectivity index (χ0n) is 15.4. The number of fused-ring (bicyclic) bond motifs is 1. The van der Waals surface area contributed by atoms with Crippen molar-refractivity contribution >= 4 is 28.8 Å². The fraction of sp³-hybridized carbons (Fsp3) is 0.0952. The zero-order valence-corrected chi connectivity index (χ0v) is 15.4. The number of carbonyl (C=O) groups excluding carboxylic acids is 2. The van der Waals surface area contributed by atoms with Crippen LogP contribution in [-0.4, -0.2) is 31.3 Å². The van der Waals surface area contributed by atoms with Gasteiger partial charge in [0.2, 0.25) is 5.95 Å². The van der Waals surface area contributed by atoms with Gasteiger partial charge in [0.05, 0.1) is 11.0 Å². The SMILES string of the molecule is NC(=O)c1cc(C(=O)Nc2nc3ccccc3n2CCc2ccccn2)ccn1. The summed E-state index contributed by atoms with van der Waals surface area (Å²) in [7, 11) is 0. The smallest absolute Gasteiger partial charge is 0.267 e. The second-order valence-electron chi connectivity index (χ2n) is 6.39. The lowest BCUT2D eigenvalue weighted by atomic mass is 10.2. The summed E-state index contributed by atoms with van der Waals surface area (Å²) < 4.78 is 1.94. The van der Waals surface area contributed by atoms with E-state index in [0.717, 1.165) is 16.7 Å². The van der Waals surface area contributed by atoms with Crippen LogP contribution < -0.4 is 11.1 Å². The molecule has 1 aromatic carbocycles. The van der Waals surface area contributed by atoms with Gasteiger partial charge in [-0.05, 0) is 36.4 Å². The van der Waals surface area contributed by atoms with Crippen LogP contribution in [0.1, 0.15) is 26.5 Å². The Bertz CT molecular complexity index is 1190. The predicted molar refractivity (Wildman–Crippen MR) is 108 cm³/mol. The number of carbonyl (C=O) groups is 2. The summed E-state index contributed by atoms with van der Waals surface area (Å²) in [6.45, 7) is 0.593. The van der Waals surface area contributed by atoms with E-state index in [9.17, 15) is 9.59 Å². The summed E-state index contributed by atoms with van der Waals surface area (Å²) in [6, 6.07) is 16.3. The number of nitrogens with one attached hydrogen (secondary N) is 1. The first-order valence-corrected chi connectivity index (χ1v) is 9.04. The van der Waals surface area contributed by atoms with Gasteiger partial charge in [0.15, 0.2) is 0 Å². The van der Waals surface area contributed by atoms with Crippen molar-refractivity contribution in [2.75, 3.05) is 5.32 Å². The number of hydrogen-bond acceptors (Lipinski definition) is 5. The Kier molecular flexibility index (Phi) is 4.98. The average molecular weight is 386 g/mol. The van der Waals surface area contributed by atoms with Gasteiger partial charge in [0, 0.05) is 36.6 Å². The molecule has 0 radical (unpaired) electrons. The molecule has 0 unspecified atom stereocenters. The molecule has 3 N–H and O–H groups in total. The number of benzene rings is 1. The number of pyridine rings is 2. The van der Waals surface area contributed by atoms with E-state index in [1.807, 2.05) is 47.0 Å². The van der Waals surface area contributed by atoms with Gasteiger partial charge in [0.1, 0.15) is 5.69 Å². The van der Waals surface area contributed by atoms with E-state index in [4.69, 9.17) is 5.73 Å². The molecule has 0 bridgehead atoms. The van der Waals surface area contributed by atoms with E-state index < -0.39 is 11.8 Å². The summed E-state index contributed by atoms with van der Waals surface area (Å²) in [5, 5.41) is 2.83. The number of aryl methyl sites for hydroxylation is 2. The average Bonchev–Trinajstić information content (AvgIpc) is 3.10. The summed E-state index contributed by atoms with van der Waals surface area (Å²) in [4.78, 5) is 36.8. The molecule has 0 aliphatic rings. The molecule has 0 saturated heterocycles. The molecule has 29 heavy (non-hydrogen) atoms. The highest BCUT2D eigenvalue weighted by molar-refractivity contribution is 6.05. The Morgan fingerprint density at radius 1 is 1.00 bits per heavy atom. The third kappa shape index (κ3) is 3.96. The minimum Gasteiger partial charge on any atom is -0.364 e. The van der Waals surface area contributed by atoms with Crippen molar-refractivity contribution in [3.05, 3.63) is 83.9 Å². The van der Waals surface area contributed by atoms with Gasteiger partial charge in [-0.3, -0.25) is 24.9 Å². The highest BCUT2D eigenvalue weighted by Crippen LogP contribution is 2.21. The number of primary amides is 1. The second kappa shape index (κ2) is 7.89. The number of aromatic nitrogens is 4. The standard InChI is InChI=1S/C21H18N6O2/c22-19(28)17-13-14(8-11-24-17)20(29)26-21-25-16-6-1-2-7-18(16)27(21)12-9-15-5-3-4-10-23-15/h1-8,10-11,13H,9,12H2,(H2,22,28)(H,25,26,29). The van der Waals surface area contributed by atoms with E-state index in [-0.39, 0.29) is 11.3 Å². The van der Waals surface area contributed by atoms with Gasteiger partial charge < -0.3 is 10.3 Å². The number of anilines is 1. The number of imidazole rings is 1. The van der Waals surface area contributed by atoms with Crippen LogP contribution in [0, 0.1) is 0 Å². The topological polar surface area (TPSA) is 116 Å². The van der Waals surface area contributed by atoms with Crippen molar-refractivity contribution in [1.29, 1.82) is 0 Å². The summed E-state index contributed by atoms with van der Waals surface area (Å²) in [5.74, 6) is -0.670. The number of hydrogen-bond donors (Lipinski definition) is 2. The molecule has 0 spiro atoms. The van der Waals surface area contributed by atoms with E-state index in [1.165, 1.54) is 18.3 Å². The van der Waals surface area contributed by atoms with Crippen LogP contribution in [0.15, 0.2) is 67.0 Å². The Balaban J connectivity index is 1.63. The Morgan fingerprint density at radius 3 is 2.62 bits per heavy atom. The molecule has 0 atom stereocenters. The van der Waals surface area contributed by atoms with Crippen molar-refractivity contribution in [1.82, 2.24) is 19.5 Å². The first kappa shape index (κ1) is 18.3. The molecule has 8 nitrogen and oxygen atoms in total. The van der Waals surface area contributed by atoms with Crippen LogP contribution in [0.2, 0.25) is 0 Å². The molecular weight excluding hydrogens is 368 g/mol. The molecule has 0 saturated carbocycles. The van der Waals surface area contributed by atoms with Crippen molar-refractivity contribution in [3.63, 3.8) is 0 Å². The molecule has 3 heterocycles. The molecule has 4 rings (SSSR count). The largest absolute Gasteiger partial charge is 0.364 e. The Hall–Kier alpha value is -4.07. The molecule has 0 aliphatic carbocycles. The first-order valence-electron chi connectivity index (χ1n) is 9.04. The summed E-state index contributed by atoms with van der Waals surface area (Å²) in [6.07, 6.45) is 3.81. The number of nitrogens with two attached hydrogens (primary N) is 1. The molecule has 144 valence electrons. The first-order chi connectivity index (χ1) is 14.1. The molecule has 3 aromatic heterocycles. The monoisotopic (exact) mass is 386 g/mol. The minimum atomic E-state index is -0.692. The van der Waals surface area contributed by atoms with Crippen LogP contribution in [-0.2, 0) is 13.0 Å². The second-order valence-corrected chi connectivity index (χ2v) is 6.39. The maximum Gasteiger partial charge on any atom is 0.267 e. The Morgan fingerprint density at radius 2 is 1.83 bits per heavy atom. The van der Waals surface area contributed by atoms with Crippen molar-refractivity contribution in [2.45, 2.75) is 13.0 Å². The maximum absolute atomic E-state index is 12.7. The van der Waals surface area contributed by atoms with Gasteiger partial charge in [-0.25, -0.2) is 4.98 Å². The number of nitrogens with zero attached hydrogens (tertiary/aromatic N) is 4. The molecule has 8 heteroatoms. The molecular formula is C21H18N6O2. The number of para-hydroxylation sites is 2. The Labute approximate surface area is 166 Å². The molecule has 0 fully saturated rings. The zero-order chi connectivity index (χ0) is 20.2. The lowest BCUT2D eigenvalue weighted by Crippen LogP contribution is -2.19. The van der Waals surface area contributed by atoms with Gasteiger partial charge in [-0.1, -0.05) is 18.2 Å². The third-order valence-electron chi connectivity index (χ3n) is 4.47. The lowest BCUT2D eigenvalue weighted by molar-refractivity contribution is 0.0995. The fourth-order valence-corrected chi connectivity index (χ4v) is 3.05. The van der Waals surface area contributed by atoms with Gasteiger partial charge >= 0.3 is 0 Å². The van der Waals surface area contributed by atoms with Crippen molar-refractivity contribution < 1.29 is 9.59 Å². The number of rotatable bonds is 6. The van der Waals surface area contributed by atoms with Crippen molar-refractivity contribution in [3.8, 4) is 0 Å². The lowest BCUT2D eigenvalue weighted by Gasteiger charge is -2.10. The molecule has 0 aliphatic heterocycles. The van der Waals surface area contributed by atoms with Crippen LogP contribution >= 0.6 is 0 Å². The normalized spacial score (nSPS) is 10.8. The highest BCUT2D eigenvalue weighted by Gasteiger charge is 2.16. The fourth-order valence-electron chi connectivity index (χ4n) is 3.05. The summed E-state index contributed by atoms with van der Waals surface area (Å²) >= 11 is 0. The quantitative estimate of drug-likeness (QED) is 0.528. The maximum atomic E-state index is 12.7. The van der Waals surface area contributed by atoms with Gasteiger partial charge in [0.25, 0.3) is 11.8 Å². The van der Waals surface area contributed by atoms with E-state index in [2.05, 4.69) is 20.3 Å². The van der Waals surface area contributed by atoms with Crippen LogP contribution in [0.25, 0.3) is 11.0 Å². The van der Waals surface area contributed by atoms with E-state index >= 15 is 0 Å². The van der Waals surface area contributed by atoms with Crippen LogP contribution in [0.5, 0.6) is 0 Å². The van der Waals surface area contributed by atoms with E-state index in [0.29, 0.717) is 18.9 Å². The highest BCUT2D eigenvalue weighted by atomic mass is 16.2. The third-order valence-corrected chi connectivity index (χ3v) is 4.47. The van der Waals surface area contributed by atoms with Crippen LogP contribution in [0.3, 0.4) is 0 Å². The predicted octanol–water partition coefficient (Wildman–Crippen LogP) is 2.42. The minimum absolute atomic E-state index is 0.0290. The molecule has 2 amide bonds. The number of amides is 2. The van der Waals surface area contributed by atoms with Gasteiger partial charge in [-0.15, -0.1) is 0 Å². The van der Waals surface area contributed by atoms with E-state index in [1.54, 1.807) is 6.20 Å². The van der Waals surface area contributed by atoms with Crippen LogP contribution in [0.4, 0.5) is 5.95 Å². The van der Waals surface area contributed by atoms with Gasteiger partial charge in [-0.2, -0.15) is 0 Å². The van der Waals surface area contributed by atoms with Crippen molar-refractivity contribution in [2.24, 2.45) is 5.73 Å². The molecule has 4 aromatic rings.